The third-order valence-corrected chi connectivity index (χ3v) is 4.10. The molecule has 25 heavy (non-hydrogen) atoms. The first kappa shape index (κ1) is 18.7. The molecule has 0 saturated carbocycles. The lowest BCUT2D eigenvalue weighted by molar-refractivity contribution is 0.0937. The van der Waals surface area contributed by atoms with E-state index in [0.717, 1.165) is 0 Å². The van der Waals surface area contributed by atoms with Gasteiger partial charge in [0.2, 0.25) is 5.95 Å². The Morgan fingerprint density at radius 1 is 1.44 bits per heavy atom. The first-order chi connectivity index (χ1) is 11.9. The number of nitrogens with one attached hydrogen (secondary N) is 2. The van der Waals surface area contributed by atoms with E-state index < -0.39 is 22.5 Å². The lowest BCUT2D eigenvalue weighted by atomic mass is 10.3. The van der Waals surface area contributed by atoms with E-state index in [1.807, 2.05) is 0 Å². The zero-order valence-electron chi connectivity index (χ0n) is 13.7. The van der Waals surface area contributed by atoms with Gasteiger partial charge in [-0.25, -0.2) is 9.37 Å². The minimum absolute atomic E-state index is 0.0147. The van der Waals surface area contributed by atoms with Gasteiger partial charge >= 0.3 is 0 Å². The van der Waals surface area contributed by atoms with Crippen LogP contribution in [0.2, 0.25) is 0 Å². The average molecular weight is 367 g/mol. The van der Waals surface area contributed by atoms with E-state index in [4.69, 9.17) is 10.5 Å². The van der Waals surface area contributed by atoms with Crippen LogP contribution in [0, 0.1) is 5.82 Å². The van der Waals surface area contributed by atoms with Crippen LogP contribution in [0.5, 0.6) is 0 Å². The number of methoxy groups -OCH3 is 1. The van der Waals surface area contributed by atoms with E-state index in [-0.39, 0.29) is 22.2 Å². The third kappa shape index (κ3) is 4.94. The number of nitrogens with two attached hydrogens (primary N) is 1. The van der Waals surface area contributed by atoms with Crippen LogP contribution in [-0.4, -0.2) is 46.6 Å². The topological polar surface area (TPSA) is 119 Å². The van der Waals surface area contributed by atoms with Crippen LogP contribution in [0.15, 0.2) is 29.3 Å². The number of anilines is 3. The zero-order valence-corrected chi connectivity index (χ0v) is 14.5. The molecule has 0 bridgehead atoms. The number of nitrogens with zero attached hydrogens (tertiary/aromatic N) is 2. The molecule has 0 aliphatic heterocycles. The molecule has 1 heterocycles. The first-order valence-corrected chi connectivity index (χ1v) is 8.78. The lowest BCUT2D eigenvalue weighted by Gasteiger charge is -2.09. The van der Waals surface area contributed by atoms with E-state index in [1.54, 1.807) is 6.07 Å². The molecule has 0 saturated heterocycles. The maximum Gasteiger partial charge on any atom is 0.256 e. The van der Waals surface area contributed by atoms with Gasteiger partial charge in [0.15, 0.2) is 0 Å². The van der Waals surface area contributed by atoms with Crippen molar-refractivity contribution in [3.8, 4) is 0 Å². The number of rotatable bonds is 7. The fourth-order valence-corrected chi connectivity index (χ4v) is 2.53. The Balaban J connectivity index is 2.11. The molecule has 0 aliphatic carbocycles. The number of carbonyl (C=O) groups is 1. The van der Waals surface area contributed by atoms with E-state index in [0.29, 0.717) is 18.8 Å². The van der Waals surface area contributed by atoms with Crippen molar-refractivity contribution in [2.24, 2.45) is 0 Å². The number of carbonyl (C=O) groups excluding carboxylic acids is 1. The summed E-state index contributed by atoms with van der Waals surface area (Å²) >= 11 is 0. The minimum atomic E-state index is -1.42. The summed E-state index contributed by atoms with van der Waals surface area (Å²) in [6.07, 6.45) is 2.67. The largest absolute Gasteiger partial charge is 0.383 e. The molecule has 8 nitrogen and oxygen atoms in total. The Morgan fingerprint density at radius 2 is 2.20 bits per heavy atom. The second-order valence-corrected chi connectivity index (χ2v) is 6.31. The average Bonchev–Trinajstić information content (AvgIpc) is 2.54. The Kier molecular flexibility index (Phi) is 6.37. The molecular weight excluding hydrogens is 349 g/mol. The molecule has 0 radical (unpaired) electrons. The normalized spacial score (nSPS) is 11.8. The summed E-state index contributed by atoms with van der Waals surface area (Å²) in [5, 5.41) is 5.39. The SMILES string of the molecule is COCCNC(=O)c1cnc(Nc2ccc(S(C)=O)c(F)c2)nc1N. The van der Waals surface area contributed by atoms with Gasteiger partial charge in [-0.15, -0.1) is 0 Å². The van der Waals surface area contributed by atoms with Gasteiger partial charge in [0, 0.05) is 31.8 Å². The highest BCUT2D eigenvalue weighted by Crippen LogP contribution is 2.20. The van der Waals surface area contributed by atoms with Crippen molar-refractivity contribution in [3.63, 3.8) is 0 Å². The van der Waals surface area contributed by atoms with Crippen LogP contribution in [0.4, 0.5) is 21.8 Å². The lowest BCUT2D eigenvalue weighted by Crippen LogP contribution is -2.28. The number of halogens is 1. The van der Waals surface area contributed by atoms with Crippen LogP contribution in [-0.2, 0) is 15.5 Å². The number of benzene rings is 1. The minimum Gasteiger partial charge on any atom is -0.383 e. The van der Waals surface area contributed by atoms with Gasteiger partial charge in [-0.3, -0.25) is 9.00 Å². The van der Waals surface area contributed by atoms with Gasteiger partial charge in [-0.2, -0.15) is 4.98 Å². The number of nitrogen functional groups attached to an aromatic ring is 1. The molecule has 1 atom stereocenters. The van der Waals surface area contributed by atoms with Crippen LogP contribution in [0.25, 0.3) is 0 Å². The summed E-state index contributed by atoms with van der Waals surface area (Å²) in [6.45, 7) is 0.704. The molecule has 0 fully saturated rings. The highest BCUT2D eigenvalue weighted by atomic mass is 32.2. The molecule has 0 aliphatic rings. The van der Waals surface area contributed by atoms with Crippen molar-refractivity contribution in [3.05, 3.63) is 35.8 Å². The van der Waals surface area contributed by atoms with Crippen LogP contribution >= 0.6 is 0 Å². The predicted octanol–water partition coefficient (Wildman–Crippen LogP) is 1.06. The summed E-state index contributed by atoms with van der Waals surface area (Å²) in [5.74, 6) is -0.926. The zero-order chi connectivity index (χ0) is 18.4. The Bertz CT molecular complexity index is 803. The van der Waals surface area contributed by atoms with Crippen molar-refractivity contribution in [1.29, 1.82) is 0 Å². The molecule has 2 aromatic rings. The Labute approximate surface area is 146 Å². The monoisotopic (exact) mass is 367 g/mol. The van der Waals surface area contributed by atoms with Crippen molar-refractivity contribution < 1.29 is 18.1 Å². The molecule has 134 valence electrons. The Morgan fingerprint density at radius 3 is 2.80 bits per heavy atom. The molecule has 1 aromatic heterocycles. The fourth-order valence-electron chi connectivity index (χ4n) is 1.93. The number of aromatic nitrogens is 2. The van der Waals surface area contributed by atoms with Crippen LogP contribution < -0.4 is 16.4 Å². The van der Waals surface area contributed by atoms with Gasteiger partial charge < -0.3 is 21.1 Å². The standard InChI is InChI=1S/C15H18FN5O3S/c1-24-6-5-18-14(22)10-8-19-15(21-13(10)17)20-9-3-4-12(25(2)23)11(16)7-9/h3-4,7-8H,5-6H2,1-2H3,(H,18,22)(H3,17,19,20,21). The fraction of sp³-hybridized carbons (Fsp3) is 0.267. The quantitative estimate of drug-likeness (QED) is 0.626. The summed E-state index contributed by atoms with van der Waals surface area (Å²) < 4.78 is 30.0. The summed E-state index contributed by atoms with van der Waals surface area (Å²) in [5.41, 5.74) is 6.27. The van der Waals surface area contributed by atoms with Gasteiger partial charge in [-0.05, 0) is 18.2 Å². The second-order valence-electron chi connectivity index (χ2n) is 4.97. The van der Waals surface area contributed by atoms with Crippen LogP contribution in [0.1, 0.15) is 10.4 Å². The maximum atomic E-state index is 13.8. The van der Waals surface area contributed by atoms with Gasteiger partial charge in [-0.1, -0.05) is 0 Å². The summed E-state index contributed by atoms with van der Waals surface area (Å²) in [6, 6.07) is 4.14. The van der Waals surface area contributed by atoms with Crippen LogP contribution in [0.3, 0.4) is 0 Å². The van der Waals surface area contributed by atoms with E-state index >= 15 is 0 Å². The molecule has 1 unspecified atom stereocenters. The van der Waals surface area contributed by atoms with E-state index in [2.05, 4.69) is 20.6 Å². The van der Waals surface area contributed by atoms with Crippen molar-refractivity contribution in [1.82, 2.24) is 15.3 Å². The molecule has 0 spiro atoms. The number of ether oxygens (including phenoxy) is 1. The smallest absolute Gasteiger partial charge is 0.256 e. The van der Waals surface area contributed by atoms with Gasteiger partial charge in [0.1, 0.15) is 11.6 Å². The van der Waals surface area contributed by atoms with Crippen molar-refractivity contribution in [2.45, 2.75) is 4.90 Å². The number of hydrogen-bond acceptors (Lipinski definition) is 7. The van der Waals surface area contributed by atoms with E-state index in [9.17, 15) is 13.4 Å². The summed E-state index contributed by atoms with van der Waals surface area (Å²) in [7, 11) is 0.107. The van der Waals surface area contributed by atoms with E-state index in [1.165, 1.54) is 31.7 Å². The predicted molar refractivity (Wildman–Crippen MR) is 92.7 cm³/mol. The van der Waals surface area contributed by atoms with Gasteiger partial charge in [0.25, 0.3) is 5.91 Å². The number of amides is 1. The maximum absolute atomic E-state index is 13.8. The molecular formula is C15H18FN5O3S. The highest BCUT2D eigenvalue weighted by molar-refractivity contribution is 7.84. The molecule has 2 rings (SSSR count). The number of hydrogen-bond donors (Lipinski definition) is 3. The highest BCUT2D eigenvalue weighted by Gasteiger charge is 2.13. The van der Waals surface area contributed by atoms with Crippen molar-refractivity contribution in [2.75, 3.05) is 37.6 Å². The van der Waals surface area contributed by atoms with Crippen molar-refractivity contribution >= 4 is 34.2 Å². The Hall–Kier alpha value is -2.59. The summed E-state index contributed by atoms with van der Waals surface area (Å²) in [4.78, 5) is 20.0. The molecule has 4 N–H and O–H groups in total. The first-order valence-electron chi connectivity index (χ1n) is 7.22. The molecule has 1 amide bonds. The van der Waals surface area contributed by atoms with Gasteiger partial charge in [0.05, 0.1) is 27.9 Å². The third-order valence-electron chi connectivity index (χ3n) is 3.15. The second kappa shape index (κ2) is 8.49. The molecule has 1 aromatic carbocycles. The molecule has 10 heteroatoms.